The Morgan fingerprint density at radius 1 is 1.73 bits per heavy atom. The number of aliphatic hydroxyl groups is 1. The Kier molecular flexibility index (Phi) is 4.47. The molecule has 1 heterocycles. The predicted octanol–water partition coefficient (Wildman–Crippen LogP) is 0.846. The van der Waals surface area contributed by atoms with Crippen molar-refractivity contribution in [2.75, 3.05) is 6.61 Å². The first-order valence-corrected chi connectivity index (χ1v) is 6.88. The molecular formula is C7H11ClN2O3S2. The second kappa shape index (κ2) is 5.22. The number of rotatable bonds is 5. The van der Waals surface area contributed by atoms with Gasteiger partial charge in [-0.15, -0.1) is 0 Å². The van der Waals surface area contributed by atoms with Crippen LogP contribution in [0, 0.1) is 0 Å². The highest BCUT2D eigenvalue weighted by Crippen LogP contribution is 2.22. The van der Waals surface area contributed by atoms with E-state index in [1.54, 1.807) is 6.92 Å². The van der Waals surface area contributed by atoms with Gasteiger partial charge < -0.3 is 5.11 Å². The Hall–Kier alpha value is -0.210. The molecule has 0 saturated heterocycles. The number of hydrogen-bond donors (Lipinski definition) is 2. The Labute approximate surface area is 97.2 Å². The highest BCUT2D eigenvalue weighted by Gasteiger charge is 2.19. The average Bonchev–Trinajstić information content (AvgIpc) is 2.51. The molecule has 0 amide bonds. The molecule has 0 bridgehead atoms. The lowest BCUT2D eigenvalue weighted by Crippen LogP contribution is -2.32. The Balaban J connectivity index is 2.76. The summed E-state index contributed by atoms with van der Waals surface area (Å²) in [7, 11) is -3.55. The number of nitrogens with zero attached hydrogens (tertiary/aromatic N) is 1. The quantitative estimate of drug-likeness (QED) is 0.831. The topological polar surface area (TPSA) is 79.3 Å². The van der Waals surface area contributed by atoms with Crippen molar-refractivity contribution in [3.05, 3.63) is 10.7 Å². The third kappa shape index (κ3) is 3.69. The Morgan fingerprint density at radius 2 is 2.40 bits per heavy atom. The van der Waals surface area contributed by atoms with Crippen molar-refractivity contribution in [1.82, 2.24) is 9.71 Å². The summed E-state index contributed by atoms with van der Waals surface area (Å²) >= 11 is 6.44. The molecule has 1 aromatic rings. The van der Waals surface area contributed by atoms with Crippen LogP contribution < -0.4 is 4.72 Å². The fourth-order valence-corrected chi connectivity index (χ4v) is 3.53. The first kappa shape index (κ1) is 12.9. The molecule has 1 rings (SSSR count). The van der Waals surface area contributed by atoms with E-state index in [2.05, 4.69) is 9.71 Å². The molecule has 0 radical (unpaired) electrons. The summed E-state index contributed by atoms with van der Waals surface area (Å²) in [5.74, 6) is 0. The number of aliphatic hydroxyl groups excluding tert-OH is 1. The number of thiazole rings is 1. The van der Waals surface area contributed by atoms with Crippen LogP contribution in [-0.2, 0) is 10.0 Å². The number of sulfonamides is 1. The van der Waals surface area contributed by atoms with Gasteiger partial charge in [0.05, 0.1) is 6.20 Å². The van der Waals surface area contributed by atoms with E-state index >= 15 is 0 Å². The fraction of sp³-hybridized carbons (Fsp3) is 0.571. The van der Waals surface area contributed by atoms with Gasteiger partial charge in [0.2, 0.25) is 0 Å². The molecule has 1 unspecified atom stereocenters. The molecule has 0 aliphatic heterocycles. The van der Waals surface area contributed by atoms with Crippen LogP contribution in [0.2, 0.25) is 4.47 Å². The second-order valence-electron chi connectivity index (χ2n) is 2.97. The van der Waals surface area contributed by atoms with E-state index in [9.17, 15) is 8.42 Å². The van der Waals surface area contributed by atoms with Gasteiger partial charge in [-0.25, -0.2) is 18.1 Å². The molecule has 2 N–H and O–H groups in total. The van der Waals surface area contributed by atoms with Crippen LogP contribution in [0.1, 0.15) is 13.3 Å². The zero-order valence-corrected chi connectivity index (χ0v) is 10.4. The lowest BCUT2D eigenvalue weighted by atomic mass is 10.3. The lowest BCUT2D eigenvalue weighted by molar-refractivity contribution is 0.275. The molecule has 15 heavy (non-hydrogen) atoms. The van der Waals surface area contributed by atoms with Crippen LogP contribution in [0.15, 0.2) is 10.4 Å². The van der Waals surface area contributed by atoms with Gasteiger partial charge in [0.1, 0.15) is 0 Å². The van der Waals surface area contributed by atoms with Gasteiger partial charge in [-0.2, -0.15) is 0 Å². The van der Waals surface area contributed by atoms with E-state index in [0.717, 1.165) is 11.3 Å². The van der Waals surface area contributed by atoms with Crippen molar-refractivity contribution in [1.29, 1.82) is 0 Å². The van der Waals surface area contributed by atoms with Gasteiger partial charge in [0.25, 0.3) is 10.0 Å². The van der Waals surface area contributed by atoms with Crippen LogP contribution in [0.25, 0.3) is 0 Å². The van der Waals surface area contributed by atoms with Crippen LogP contribution in [0.4, 0.5) is 0 Å². The molecule has 0 aliphatic rings. The van der Waals surface area contributed by atoms with E-state index < -0.39 is 10.0 Å². The molecule has 0 aromatic carbocycles. The summed E-state index contributed by atoms with van der Waals surface area (Å²) < 4.78 is 26.0. The molecule has 86 valence electrons. The summed E-state index contributed by atoms with van der Waals surface area (Å²) in [6, 6.07) is -0.319. The van der Waals surface area contributed by atoms with E-state index in [-0.39, 0.29) is 21.3 Å². The smallest absolute Gasteiger partial charge is 0.251 e. The van der Waals surface area contributed by atoms with Crippen LogP contribution in [-0.4, -0.2) is 31.2 Å². The second-order valence-corrected chi connectivity index (χ2v) is 6.52. The minimum absolute atomic E-state index is 0.0624. The van der Waals surface area contributed by atoms with Crippen LogP contribution in [0.3, 0.4) is 0 Å². The maximum absolute atomic E-state index is 11.6. The van der Waals surface area contributed by atoms with Crippen molar-refractivity contribution in [2.24, 2.45) is 0 Å². The zero-order chi connectivity index (χ0) is 11.5. The Bertz CT molecular complexity index is 418. The van der Waals surface area contributed by atoms with E-state index in [0.29, 0.717) is 6.42 Å². The maximum atomic E-state index is 11.6. The molecule has 0 spiro atoms. The average molecular weight is 271 g/mol. The third-order valence-electron chi connectivity index (χ3n) is 1.64. The Morgan fingerprint density at radius 3 is 2.87 bits per heavy atom. The maximum Gasteiger partial charge on any atom is 0.251 e. The minimum Gasteiger partial charge on any atom is -0.396 e. The molecule has 1 atom stereocenters. The van der Waals surface area contributed by atoms with Gasteiger partial charge in [0, 0.05) is 12.6 Å². The van der Waals surface area contributed by atoms with Gasteiger partial charge in [-0.05, 0) is 13.3 Å². The molecular weight excluding hydrogens is 260 g/mol. The summed E-state index contributed by atoms with van der Waals surface area (Å²) in [5.41, 5.74) is 0. The summed E-state index contributed by atoms with van der Waals surface area (Å²) in [5, 5.41) is 8.64. The van der Waals surface area contributed by atoms with Gasteiger partial charge in [-0.1, -0.05) is 22.9 Å². The highest BCUT2D eigenvalue weighted by molar-refractivity contribution is 7.91. The van der Waals surface area contributed by atoms with Gasteiger partial charge >= 0.3 is 0 Å². The normalized spacial score (nSPS) is 14.1. The van der Waals surface area contributed by atoms with Crippen molar-refractivity contribution in [2.45, 2.75) is 23.6 Å². The predicted molar refractivity (Wildman–Crippen MR) is 58.6 cm³/mol. The first-order valence-electron chi connectivity index (χ1n) is 4.20. The first-order chi connectivity index (χ1) is 6.95. The van der Waals surface area contributed by atoms with Crippen LogP contribution >= 0.6 is 22.9 Å². The highest BCUT2D eigenvalue weighted by atomic mass is 35.5. The summed E-state index contributed by atoms with van der Waals surface area (Å²) in [6.07, 6.45) is 1.58. The van der Waals surface area contributed by atoms with Gasteiger partial charge in [0.15, 0.2) is 8.68 Å². The molecule has 8 heteroatoms. The molecule has 0 fully saturated rings. The largest absolute Gasteiger partial charge is 0.396 e. The van der Waals surface area contributed by atoms with E-state index in [1.807, 2.05) is 0 Å². The molecule has 1 aromatic heterocycles. The number of hydrogen-bond acceptors (Lipinski definition) is 5. The monoisotopic (exact) mass is 270 g/mol. The molecule has 0 aliphatic carbocycles. The number of aromatic nitrogens is 1. The summed E-state index contributed by atoms with van der Waals surface area (Å²) in [4.78, 5) is 3.65. The van der Waals surface area contributed by atoms with E-state index in [4.69, 9.17) is 16.7 Å². The van der Waals surface area contributed by atoms with Crippen molar-refractivity contribution in [3.8, 4) is 0 Å². The minimum atomic E-state index is -3.55. The van der Waals surface area contributed by atoms with Crippen molar-refractivity contribution in [3.63, 3.8) is 0 Å². The van der Waals surface area contributed by atoms with E-state index in [1.165, 1.54) is 6.20 Å². The molecule has 5 nitrogen and oxygen atoms in total. The lowest BCUT2D eigenvalue weighted by Gasteiger charge is -2.10. The number of nitrogens with one attached hydrogen (secondary N) is 1. The number of halogens is 1. The standard InChI is InChI=1S/C7H11ClN2O3S2/c1-5(2-3-11)10-15(12,13)6-4-9-7(8)14-6/h4-5,10-11H,2-3H2,1H3. The fourth-order valence-electron chi connectivity index (χ4n) is 0.939. The van der Waals surface area contributed by atoms with Crippen molar-refractivity contribution >= 4 is 33.0 Å². The zero-order valence-electron chi connectivity index (χ0n) is 7.97. The molecule has 0 saturated carbocycles. The summed E-state index contributed by atoms with van der Waals surface area (Å²) in [6.45, 7) is 1.61. The van der Waals surface area contributed by atoms with Gasteiger partial charge in [-0.3, -0.25) is 0 Å². The van der Waals surface area contributed by atoms with Crippen molar-refractivity contribution < 1.29 is 13.5 Å². The SMILES string of the molecule is CC(CCO)NS(=O)(=O)c1cnc(Cl)s1. The van der Waals surface area contributed by atoms with Crippen LogP contribution in [0.5, 0.6) is 0 Å². The third-order valence-corrected chi connectivity index (χ3v) is 4.81.